The van der Waals surface area contributed by atoms with Gasteiger partial charge in [-0.15, -0.1) is 0 Å². The van der Waals surface area contributed by atoms with Crippen LogP contribution in [0.5, 0.6) is 0 Å². The quantitative estimate of drug-likeness (QED) is 0.272. The first-order valence-electron chi connectivity index (χ1n) is 11.5. The summed E-state index contributed by atoms with van der Waals surface area (Å²) in [6.45, 7) is 2.09. The number of furan rings is 1. The highest BCUT2D eigenvalue weighted by Crippen LogP contribution is 2.42. The molecule has 0 saturated carbocycles. The average Bonchev–Trinajstić information content (AvgIpc) is 3.28. The maximum atomic E-state index is 9.96. The van der Waals surface area contributed by atoms with Crippen LogP contribution in [0.4, 0.5) is 0 Å². The number of nitriles is 1. The normalized spacial score (nSPS) is 11.1. The molecular formula is C31H22N3O+. The van der Waals surface area contributed by atoms with Gasteiger partial charge in [0, 0.05) is 22.4 Å². The lowest BCUT2D eigenvalue weighted by Crippen LogP contribution is -2.31. The average molecular weight is 453 g/mol. The highest BCUT2D eigenvalue weighted by Gasteiger charge is 2.21. The Hall–Kier alpha value is -4.75. The van der Waals surface area contributed by atoms with Crippen molar-refractivity contribution in [2.75, 3.05) is 0 Å². The van der Waals surface area contributed by atoms with E-state index < -0.39 is 0 Å². The predicted molar refractivity (Wildman–Crippen MR) is 138 cm³/mol. The molecule has 0 aliphatic rings. The van der Waals surface area contributed by atoms with Crippen molar-refractivity contribution in [3.05, 3.63) is 109 Å². The molecular weight excluding hydrogens is 430 g/mol. The highest BCUT2D eigenvalue weighted by atomic mass is 16.3. The van der Waals surface area contributed by atoms with Gasteiger partial charge in [0.05, 0.1) is 24.2 Å². The summed E-state index contributed by atoms with van der Waals surface area (Å²) >= 11 is 0. The molecule has 6 rings (SSSR count). The third-order valence-corrected chi connectivity index (χ3v) is 6.61. The molecule has 0 spiro atoms. The van der Waals surface area contributed by atoms with E-state index >= 15 is 0 Å². The summed E-state index contributed by atoms with van der Waals surface area (Å²) in [7, 11) is 1.98. The van der Waals surface area contributed by atoms with Crippen molar-refractivity contribution in [1.29, 1.82) is 5.26 Å². The van der Waals surface area contributed by atoms with Crippen LogP contribution in [0, 0.1) is 18.3 Å². The molecule has 0 bridgehead atoms. The monoisotopic (exact) mass is 452 g/mol. The van der Waals surface area contributed by atoms with Crippen molar-refractivity contribution in [2.45, 2.75) is 6.92 Å². The van der Waals surface area contributed by atoms with Crippen LogP contribution in [0.1, 0.15) is 11.1 Å². The molecule has 0 aliphatic carbocycles. The van der Waals surface area contributed by atoms with Crippen LogP contribution >= 0.6 is 0 Å². The van der Waals surface area contributed by atoms with Crippen molar-refractivity contribution < 1.29 is 8.98 Å². The molecule has 0 saturated heterocycles. The van der Waals surface area contributed by atoms with E-state index in [1.165, 1.54) is 0 Å². The van der Waals surface area contributed by atoms with E-state index in [2.05, 4.69) is 66.5 Å². The van der Waals surface area contributed by atoms with E-state index in [4.69, 9.17) is 4.42 Å². The zero-order valence-electron chi connectivity index (χ0n) is 19.5. The Kier molecular flexibility index (Phi) is 4.90. The van der Waals surface area contributed by atoms with Gasteiger partial charge in [-0.05, 0) is 41.3 Å². The minimum Gasteiger partial charge on any atom is -0.455 e. The van der Waals surface area contributed by atoms with E-state index in [0.717, 1.165) is 61.0 Å². The second-order valence-electron chi connectivity index (χ2n) is 8.73. The summed E-state index contributed by atoms with van der Waals surface area (Å²) in [6.07, 6.45) is 3.59. The van der Waals surface area contributed by atoms with E-state index in [0.29, 0.717) is 5.56 Å². The molecule has 4 aromatic carbocycles. The molecule has 0 amide bonds. The molecule has 0 radical (unpaired) electrons. The fraction of sp³-hybridized carbons (Fsp3) is 0.0645. The van der Waals surface area contributed by atoms with Gasteiger partial charge in [-0.2, -0.15) is 5.26 Å². The molecule has 6 aromatic rings. The van der Waals surface area contributed by atoms with Gasteiger partial charge in [0.2, 0.25) is 0 Å². The lowest BCUT2D eigenvalue weighted by molar-refractivity contribution is -0.663. The number of nitrogens with zero attached hydrogens (tertiary/aromatic N) is 3. The smallest absolute Gasteiger partial charge is 0.286 e. The van der Waals surface area contributed by atoms with Gasteiger partial charge < -0.3 is 4.42 Å². The maximum absolute atomic E-state index is 9.96. The lowest BCUT2D eigenvalue weighted by atomic mass is 9.95. The van der Waals surface area contributed by atoms with Crippen LogP contribution in [0.15, 0.2) is 102 Å². The first-order valence-corrected chi connectivity index (χ1v) is 11.5. The Balaban J connectivity index is 1.61. The number of benzene rings is 4. The largest absolute Gasteiger partial charge is 0.455 e. The zero-order chi connectivity index (χ0) is 23.9. The summed E-state index contributed by atoms with van der Waals surface area (Å²) < 4.78 is 8.63. The number of aromatic nitrogens is 2. The standard InChI is InChI=1S/C31H22N3O/c1-20-8-14-25-26-15-13-24(18-32)29(23-11-9-22(10-12-23)21-6-4-3-5-7-21)31(26)35-30(25)28(20)27-16-17-33-19-34(27)2/h3-17,19H,1-2H3/q+1. The van der Waals surface area contributed by atoms with Crippen LogP contribution in [-0.4, -0.2) is 4.98 Å². The number of hydrogen-bond donors (Lipinski definition) is 0. The van der Waals surface area contributed by atoms with E-state index in [1.807, 2.05) is 48.0 Å². The number of aryl methyl sites for hydroxylation is 2. The second-order valence-corrected chi connectivity index (χ2v) is 8.73. The Morgan fingerprint density at radius 1 is 0.743 bits per heavy atom. The second kappa shape index (κ2) is 8.23. The van der Waals surface area contributed by atoms with E-state index in [-0.39, 0.29) is 0 Å². The molecule has 35 heavy (non-hydrogen) atoms. The van der Waals surface area contributed by atoms with E-state index in [1.54, 1.807) is 12.5 Å². The summed E-state index contributed by atoms with van der Waals surface area (Å²) in [4.78, 5) is 4.22. The Labute approximate surface area is 203 Å². The predicted octanol–water partition coefficient (Wildman–Crippen LogP) is 6.99. The minimum atomic E-state index is 0.594. The summed E-state index contributed by atoms with van der Waals surface area (Å²) in [5, 5.41) is 12.0. The third kappa shape index (κ3) is 3.37. The molecule has 0 atom stereocenters. The Bertz CT molecular complexity index is 1760. The molecule has 0 aliphatic heterocycles. The van der Waals surface area contributed by atoms with Crippen molar-refractivity contribution in [3.8, 4) is 39.6 Å². The summed E-state index contributed by atoms with van der Waals surface area (Å²) in [5.41, 5.74) is 9.39. The number of fused-ring (bicyclic) bond motifs is 3. The fourth-order valence-electron chi connectivity index (χ4n) is 4.85. The highest BCUT2D eigenvalue weighted by molar-refractivity contribution is 6.14. The van der Waals surface area contributed by atoms with Gasteiger partial charge >= 0.3 is 0 Å². The van der Waals surface area contributed by atoms with Crippen molar-refractivity contribution in [3.63, 3.8) is 0 Å². The molecule has 4 nitrogen and oxygen atoms in total. The van der Waals surface area contributed by atoms with Gasteiger partial charge in [-0.3, -0.25) is 0 Å². The molecule has 0 N–H and O–H groups in total. The first kappa shape index (κ1) is 20.8. The van der Waals surface area contributed by atoms with Gasteiger partial charge in [0.1, 0.15) is 23.1 Å². The molecule has 0 unspecified atom stereocenters. The summed E-state index contributed by atoms with van der Waals surface area (Å²) in [6, 6.07) is 31.1. The summed E-state index contributed by atoms with van der Waals surface area (Å²) in [5.74, 6) is 0. The number of rotatable bonds is 3. The van der Waals surface area contributed by atoms with Gasteiger partial charge in [0.25, 0.3) is 6.33 Å². The lowest BCUT2D eigenvalue weighted by Gasteiger charge is -2.07. The molecule has 2 heterocycles. The molecule has 166 valence electrons. The number of hydrogen-bond acceptors (Lipinski definition) is 3. The molecule has 4 heteroatoms. The van der Waals surface area contributed by atoms with Crippen molar-refractivity contribution >= 4 is 21.9 Å². The maximum Gasteiger partial charge on any atom is 0.286 e. The van der Waals surface area contributed by atoms with Crippen LogP contribution in [0.3, 0.4) is 0 Å². The van der Waals surface area contributed by atoms with Crippen molar-refractivity contribution in [1.82, 2.24) is 4.98 Å². The van der Waals surface area contributed by atoms with Gasteiger partial charge in [-0.25, -0.2) is 4.57 Å². The Morgan fingerprint density at radius 2 is 1.40 bits per heavy atom. The van der Waals surface area contributed by atoms with Crippen molar-refractivity contribution in [2.24, 2.45) is 7.05 Å². The molecule has 2 aromatic heterocycles. The Morgan fingerprint density at radius 3 is 2.11 bits per heavy atom. The van der Waals surface area contributed by atoms with Crippen LogP contribution < -0.4 is 4.57 Å². The van der Waals surface area contributed by atoms with Gasteiger partial charge in [0.15, 0.2) is 0 Å². The zero-order valence-corrected chi connectivity index (χ0v) is 19.5. The van der Waals surface area contributed by atoms with Crippen LogP contribution in [0.2, 0.25) is 0 Å². The SMILES string of the molecule is Cc1ccc2c(oc3c(-c4ccc(-c5ccccc5)cc4)c(C#N)ccc32)c1-c1ccnc[n+]1C. The van der Waals surface area contributed by atoms with Crippen LogP contribution in [0.25, 0.3) is 55.4 Å². The fourth-order valence-corrected chi connectivity index (χ4v) is 4.85. The van der Waals surface area contributed by atoms with Crippen LogP contribution in [-0.2, 0) is 7.05 Å². The molecule has 0 fully saturated rings. The van der Waals surface area contributed by atoms with E-state index in [9.17, 15) is 5.26 Å². The first-order chi connectivity index (χ1) is 17.2. The van der Waals surface area contributed by atoms with Gasteiger partial charge in [-0.1, -0.05) is 71.7 Å². The topological polar surface area (TPSA) is 53.7 Å². The third-order valence-electron chi connectivity index (χ3n) is 6.61. The minimum absolute atomic E-state index is 0.594.